The second kappa shape index (κ2) is 8.27. The molecule has 0 N–H and O–H groups in total. The summed E-state index contributed by atoms with van der Waals surface area (Å²) in [6.45, 7) is 0.315. The number of carbonyl (C=O) groups is 2. The van der Waals surface area contributed by atoms with E-state index in [4.69, 9.17) is 4.74 Å². The summed E-state index contributed by atoms with van der Waals surface area (Å²) in [4.78, 5) is 32.1. The number of ether oxygens (including phenoxy) is 1. The molecular weight excluding hydrogens is 372 g/mol. The Bertz CT molecular complexity index is 1010. The van der Waals surface area contributed by atoms with Gasteiger partial charge in [-0.05, 0) is 42.3 Å². The number of carbonyl (C=O) groups excluding carboxylic acids is 2. The van der Waals surface area contributed by atoms with Gasteiger partial charge in [-0.15, -0.1) is 0 Å². The molecule has 2 heterocycles. The van der Waals surface area contributed by atoms with Crippen LogP contribution in [0.3, 0.4) is 0 Å². The van der Waals surface area contributed by atoms with Crippen LogP contribution in [0, 0.1) is 0 Å². The molecule has 1 aliphatic rings. The summed E-state index contributed by atoms with van der Waals surface area (Å²) in [6.07, 6.45) is 2.45. The first-order valence-corrected chi connectivity index (χ1v) is 9.77. The Labute approximate surface area is 167 Å². The summed E-state index contributed by atoms with van der Waals surface area (Å²) < 4.78 is 5.31. The second-order valence-corrected chi connectivity index (χ2v) is 7.33. The van der Waals surface area contributed by atoms with Gasteiger partial charge in [-0.25, -0.2) is 9.78 Å². The zero-order valence-corrected chi connectivity index (χ0v) is 15.9. The predicted molar refractivity (Wildman–Crippen MR) is 108 cm³/mol. The molecule has 28 heavy (non-hydrogen) atoms. The Morgan fingerprint density at radius 1 is 1.00 bits per heavy atom. The van der Waals surface area contributed by atoms with E-state index < -0.39 is 5.97 Å². The fourth-order valence-electron chi connectivity index (χ4n) is 3.11. The number of hydrogen-bond acceptors (Lipinski definition) is 5. The molecule has 1 aliphatic heterocycles. The molecule has 4 rings (SSSR count). The van der Waals surface area contributed by atoms with Crippen molar-refractivity contribution in [1.29, 1.82) is 0 Å². The third kappa shape index (κ3) is 3.92. The van der Waals surface area contributed by atoms with Crippen molar-refractivity contribution in [3.8, 4) is 0 Å². The van der Waals surface area contributed by atoms with Crippen LogP contribution in [0.1, 0.15) is 15.9 Å². The van der Waals surface area contributed by atoms with E-state index >= 15 is 0 Å². The lowest BCUT2D eigenvalue weighted by Crippen LogP contribution is -2.33. The average Bonchev–Trinajstić information content (AvgIpc) is 3.17. The molecular formula is C22H18N2O3S. The monoisotopic (exact) mass is 390 g/mol. The number of amides is 1. The van der Waals surface area contributed by atoms with Crippen molar-refractivity contribution in [2.45, 2.75) is 16.3 Å². The van der Waals surface area contributed by atoms with Crippen molar-refractivity contribution in [3.05, 3.63) is 84.1 Å². The van der Waals surface area contributed by atoms with E-state index in [1.54, 1.807) is 23.2 Å². The molecule has 5 nitrogen and oxygen atoms in total. The maximum absolute atomic E-state index is 12.6. The van der Waals surface area contributed by atoms with Gasteiger partial charge in [-0.2, -0.15) is 0 Å². The highest BCUT2D eigenvalue weighted by atomic mass is 32.2. The SMILES string of the molecule is O=C(OCC(=O)N1CCc2ccccc21)c1cccnc1Sc1ccccc1. The molecule has 0 fully saturated rings. The number of nitrogens with zero attached hydrogens (tertiary/aromatic N) is 2. The molecule has 0 atom stereocenters. The Morgan fingerprint density at radius 3 is 2.64 bits per heavy atom. The van der Waals surface area contributed by atoms with Crippen molar-refractivity contribution in [1.82, 2.24) is 4.98 Å². The maximum atomic E-state index is 12.6. The molecule has 1 amide bonds. The normalized spacial score (nSPS) is 12.5. The molecule has 0 unspecified atom stereocenters. The first-order valence-electron chi connectivity index (χ1n) is 8.96. The van der Waals surface area contributed by atoms with Crippen LogP contribution in [0.15, 0.2) is 82.8 Å². The maximum Gasteiger partial charge on any atom is 0.341 e. The third-order valence-electron chi connectivity index (χ3n) is 4.46. The van der Waals surface area contributed by atoms with E-state index in [1.807, 2.05) is 54.6 Å². The fraction of sp³-hybridized carbons (Fsp3) is 0.136. The molecule has 0 saturated carbocycles. The van der Waals surface area contributed by atoms with Gasteiger partial charge in [-0.1, -0.05) is 48.2 Å². The van der Waals surface area contributed by atoms with Gasteiger partial charge >= 0.3 is 5.97 Å². The highest BCUT2D eigenvalue weighted by Crippen LogP contribution is 2.29. The fourth-order valence-corrected chi connectivity index (χ4v) is 4.00. The number of para-hydroxylation sites is 1. The van der Waals surface area contributed by atoms with Gasteiger partial charge in [0, 0.05) is 23.3 Å². The van der Waals surface area contributed by atoms with Crippen molar-refractivity contribution in [3.63, 3.8) is 0 Å². The van der Waals surface area contributed by atoms with Crippen LogP contribution in [0.4, 0.5) is 5.69 Å². The summed E-state index contributed by atoms with van der Waals surface area (Å²) in [5.41, 5.74) is 2.38. The molecule has 3 aromatic rings. The van der Waals surface area contributed by atoms with E-state index in [9.17, 15) is 9.59 Å². The lowest BCUT2D eigenvalue weighted by atomic mass is 10.2. The summed E-state index contributed by atoms with van der Waals surface area (Å²) in [5.74, 6) is -0.771. The number of hydrogen-bond donors (Lipinski definition) is 0. The van der Waals surface area contributed by atoms with E-state index in [1.165, 1.54) is 11.8 Å². The number of anilines is 1. The minimum Gasteiger partial charge on any atom is -0.452 e. The van der Waals surface area contributed by atoms with Crippen molar-refractivity contribution in [2.75, 3.05) is 18.1 Å². The van der Waals surface area contributed by atoms with Crippen LogP contribution in [0.5, 0.6) is 0 Å². The summed E-state index contributed by atoms with van der Waals surface area (Å²) in [7, 11) is 0. The van der Waals surface area contributed by atoms with Crippen LogP contribution in [0.25, 0.3) is 0 Å². The Hall–Kier alpha value is -3.12. The Kier molecular flexibility index (Phi) is 5.39. The molecule has 0 bridgehead atoms. The van der Waals surface area contributed by atoms with E-state index in [-0.39, 0.29) is 12.5 Å². The topological polar surface area (TPSA) is 59.5 Å². The summed E-state index contributed by atoms with van der Waals surface area (Å²) in [6, 6.07) is 20.8. The van der Waals surface area contributed by atoms with Gasteiger partial charge in [0.25, 0.3) is 5.91 Å². The summed E-state index contributed by atoms with van der Waals surface area (Å²) in [5, 5.41) is 0.553. The molecule has 0 radical (unpaired) electrons. The van der Waals surface area contributed by atoms with Gasteiger partial charge in [0.15, 0.2) is 6.61 Å². The predicted octanol–water partition coefficient (Wildman–Crippen LogP) is 3.98. The van der Waals surface area contributed by atoms with Gasteiger partial charge in [0.1, 0.15) is 5.03 Å². The lowest BCUT2D eigenvalue weighted by Gasteiger charge is -2.17. The smallest absolute Gasteiger partial charge is 0.341 e. The number of benzene rings is 2. The highest BCUT2D eigenvalue weighted by Gasteiger charge is 2.25. The number of fused-ring (bicyclic) bond motifs is 1. The molecule has 1 aromatic heterocycles. The standard InChI is InChI=1S/C22H18N2O3S/c25-20(24-14-12-16-7-4-5-11-19(16)24)15-27-22(26)18-10-6-13-23-21(18)28-17-8-2-1-3-9-17/h1-11,13H,12,14-15H2. The molecule has 0 spiro atoms. The average molecular weight is 390 g/mol. The third-order valence-corrected chi connectivity index (χ3v) is 5.49. The van der Waals surface area contributed by atoms with Gasteiger partial charge in [0.2, 0.25) is 0 Å². The van der Waals surface area contributed by atoms with Gasteiger partial charge in [0.05, 0.1) is 5.56 Å². The van der Waals surface area contributed by atoms with Crippen molar-refractivity contribution in [2.24, 2.45) is 0 Å². The van der Waals surface area contributed by atoms with Crippen molar-refractivity contribution >= 4 is 29.3 Å². The molecule has 2 aromatic carbocycles. The zero-order valence-electron chi connectivity index (χ0n) is 15.1. The molecule has 0 saturated heterocycles. The lowest BCUT2D eigenvalue weighted by molar-refractivity contribution is -0.121. The first-order chi connectivity index (χ1) is 13.7. The number of esters is 1. The highest BCUT2D eigenvalue weighted by molar-refractivity contribution is 7.99. The molecule has 140 valence electrons. The number of aromatic nitrogens is 1. The Balaban J connectivity index is 1.43. The van der Waals surface area contributed by atoms with Crippen LogP contribution in [0.2, 0.25) is 0 Å². The van der Waals surface area contributed by atoms with Crippen molar-refractivity contribution < 1.29 is 14.3 Å². The quantitative estimate of drug-likeness (QED) is 0.617. The van der Waals surface area contributed by atoms with Gasteiger partial charge in [-0.3, -0.25) is 4.79 Å². The first kappa shape index (κ1) is 18.3. The van der Waals surface area contributed by atoms with E-state index in [0.717, 1.165) is 22.6 Å². The summed E-state index contributed by atoms with van der Waals surface area (Å²) >= 11 is 1.39. The molecule has 6 heteroatoms. The van der Waals surface area contributed by atoms with Gasteiger partial charge < -0.3 is 9.64 Å². The van der Waals surface area contributed by atoms with Crippen LogP contribution < -0.4 is 4.90 Å². The zero-order chi connectivity index (χ0) is 19.3. The number of pyridine rings is 1. The van der Waals surface area contributed by atoms with Crippen LogP contribution in [-0.2, 0) is 16.0 Å². The minimum atomic E-state index is -0.549. The van der Waals surface area contributed by atoms with Crippen LogP contribution >= 0.6 is 11.8 Å². The Morgan fingerprint density at radius 2 is 1.79 bits per heavy atom. The van der Waals surface area contributed by atoms with E-state index in [2.05, 4.69) is 4.98 Å². The van der Waals surface area contributed by atoms with E-state index in [0.29, 0.717) is 17.1 Å². The van der Waals surface area contributed by atoms with Crippen LogP contribution in [-0.4, -0.2) is 30.0 Å². The largest absolute Gasteiger partial charge is 0.452 e. The minimum absolute atomic E-state index is 0.223. The number of rotatable bonds is 5. The molecule has 0 aliphatic carbocycles. The second-order valence-electron chi connectivity index (χ2n) is 6.27.